The van der Waals surface area contributed by atoms with Gasteiger partial charge in [-0.15, -0.1) is 11.8 Å². The van der Waals surface area contributed by atoms with E-state index in [1.807, 2.05) is 12.1 Å². The van der Waals surface area contributed by atoms with Gasteiger partial charge < -0.3 is 10.5 Å². The molecule has 18 heavy (non-hydrogen) atoms. The maximum absolute atomic E-state index is 5.95. The van der Waals surface area contributed by atoms with Gasteiger partial charge >= 0.3 is 0 Å². The molecule has 0 bridgehead atoms. The Labute approximate surface area is 115 Å². The van der Waals surface area contributed by atoms with E-state index in [-0.39, 0.29) is 0 Å². The van der Waals surface area contributed by atoms with Gasteiger partial charge in [-0.25, -0.2) is 0 Å². The molecule has 1 rings (SSSR count). The van der Waals surface area contributed by atoms with Crippen molar-refractivity contribution in [2.45, 2.75) is 50.8 Å². The maximum atomic E-state index is 5.95. The van der Waals surface area contributed by atoms with Crippen molar-refractivity contribution >= 4 is 17.4 Å². The van der Waals surface area contributed by atoms with E-state index in [0.29, 0.717) is 0 Å². The van der Waals surface area contributed by atoms with E-state index in [0.717, 1.165) is 41.5 Å². The number of ether oxygens (including phenoxy) is 1. The molecule has 2 N–H and O–H groups in total. The van der Waals surface area contributed by atoms with Crippen molar-refractivity contribution in [2.75, 3.05) is 18.1 Å². The smallest absolute Gasteiger partial charge is 0.120 e. The highest BCUT2D eigenvalue weighted by Crippen LogP contribution is 2.29. The lowest BCUT2D eigenvalue weighted by Gasteiger charge is -2.09. The predicted octanol–water partition coefficient (Wildman–Crippen LogP) is 4.73. The molecule has 0 unspecified atom stereocenters. The molecule has 102 valence electrons. The summed E-state index contributed by atoms with van der Waals surface area (Å²) in [5.41, 5.74) is 6.80. The lowest BCUT2D eigenvalue weighted by Crippen LogP contribution is -1.98. The lowest BCUT2D eigenvalue weighted by atomic mass is 10.2. The quantitative estimate of drug-likeness (QED) is 0.399. The van der Waals surface area contributed by atoms with Crippen LogP contribution in [-0.4, -0.2) is 12.4 Å². The molecule has 0 atom stereocenters. The molecule has 1 aromatic carbocycles. The number of nitrogens with two attached hydrogens (primary N) is 1. The van der Waals surface area contributed by atoms with Crippen LogP contribution in [0, 0.1) is 0 Å². The number of rotatable bonds is 9. The Morgan fingerprint density at radius 1 is 1.11 bits per heavy atom. The van der Waals surface area contributed by atoms with E-state index in [4.69, 9.17) is 10.5 Å². The maximum Gasteiger partial charge on any atom is 0.120 e. The van der Waals surface area contributed by atoms with Gasteiger partial charge in [0.2, 0.25) is 0 Å². The van der Waals surface area contributed by atoms with Gasteiger partial charge in [0.15, 0.2) is 0 Å². The van der Waals surface area contributed by atoms with Gasteiger partial charge in [-0.1, -0.05) is 33.1 Å². The summed E-state index contributed by atoms with van der Waals surface area (Å²) in [7, 11) is 0. The monoisotopic (exact) mass is 267 g/mol. The van der Waals surface area contributed by atoms with Crippen molar-refractivity contribution in [1.29, 1.82) is 0 Å². The highest BCUT2D eigenvalue weighted by molar-refractivity contribution is 7.99. The Kier molecular flexibility index (Phi) is 7.74. The zero-order valence-corrected chi connectivity index (χ0v) is 12.4. The molecule has 0 aliphatic heterocycles. The van der Waals surface area contributed by atoms with Crippen LogP contribution in [0.4, 0.5) is 5.69 Å². The van der Waals surface area contributed by atoms with Gasteiger partial charge in [0.05, 0.1) is 6.61 Å². The molecule has 0 spiro atoms. The van der Waals surface area contributed by atoms with E-state index in [1.165, 1.54) is 19.3 Å². The second-order valence-electron chi connectivity index (χ2n) is 4.46. The van der Waals surface area contributed by atoms with E-state index in [9.17, 15) is 0 Å². The van der Waals surface area contributed by atoms with Crippen molar-refractivity contribution in [3.63, 3.8) is 0 Å². The molecule has 3 heteroatoms. The van der Waals surface area contributed by atoms with Crippen molar-refractivity contribution < 1.29 is 4.74 Å². The summed E-state index contributed by atoms with van der Waals surface area (Å²) in [4.78, 5) is 1.14. The van der Waals surface area contributed by atoms with Gasteiger partial charge in [0.25, 0.3) is 0 Å². The zero-order valence-electron chi connectivity index (χ0n) is 11.6. The molecule has 0 radical (unpaired) electrons. The van der Waals surface area contributed by atoms with Crippen LogP contribution in [0.15, 0.2) is 23.1 Å². The van der Waals surface area contributed by atoms with Gasteiger partial charge in [-0.3, -0.25) is 0 Å². The highest BCUT2D eigenvalue weighted by atomic mass is 32.2. The summed E-state index contributed by atoms with van der Waals surface area (Å²) in [6, 6.07) is 5.97. The third-order valence-electron chi connectivity index (χ3n) is 2.71. The second kappa shape index (κ2) is 9.15. The Hall–Kier alpha value is -0.830. The van der Waals surface area contributed by atoms with Crippen LogP contribution in [0.3, 0.4) is 0 Å². The molecule has 1 aromatic rings. The molecule has 0 saturated carbocycles. The Bertz CT molecular complexity index is 341. The van der Waals surface area contributed by atoms with Gasteiger partial charge in [0, 0.05) is 10.6 Å². The van der Waals surface area contributed by atoms with Gasteiger partial charge in [-0.2, -0.15) is 0 Å². The molecule has 0 aliphatic rings. The first-order valence-corrected chi connectivity index (χ1v) is 7.91. The fourth-order valence-electron chi connectivity index (χ4n) is 1.66. The van der Waals surface area contributed by atoms with Crippen LogP contribution in [0.5, 0.6) is 5.75 Å². The van der Waals surface area contributed by atoms with Crippen LogP contribution in [0.25, 0.3) is 0 Å². The average Bonchev–Trinajstić information content (AvgIpc) is 2.39. The molecule has 0 fully saturated rings. The number of thioether (sulfide) groups is 1. The van der Waals surface area contributed by atoms with Crippen LogP contribution >= 0.6 is 11.8 Å². The molecule has 0 aromatic heterocycles. The topological polar surface area (TPSA) is 35.2 Å². The highest BCUT2D eigenvalue weighted by Gasteiger charge is 2.02. The summed E-state index contributed by atoms with van der Waals surface area (Å²) in [5, 5.41) is 0. The molecular formula is C15H25NOS. The van der Waals surface area contributed by atoms with Crippen LogP contribution in [-0.2, 0) is 0 Å². The molecule has 0 saturated heterocycles. The lowest BCUT2D eigenvalue weighted by molar-refractivity contribution is 0.304. The third kappa shape index (κ3) is 5.67. The van der Waals surface area contributed by atoms with E-state index in [1.54, 1.807) is 11.8 Å². The van der Waals surface area contributed by atoms with Crippen molar-refractivity contribution in [3.8, 4) is 5.75 Å². The largest absolute Gasteiger partial charge is 0.494 e. The Balaban J connectivity index is 2.40. The predicted molar refractivity (Wildman–Crippen MR) is 81.5 cm³/mol. The average molecular weight is 267 g/mol. The van der Waals surface area contributed by atoms with E-state index >= 15 is 0 Å². The minimum absolute atomic E-state index is 0.807. The van der Waals surface area contributed by atoms with Crippen molar-refractivity contribution in [3.05, 3.63) is 18.2 Å². The molecule has 0 heterocycles. The van der Waals surface area contributed by atoms with E-state index < -0.39 is 0 Å². The standard InChI is InChI=1S/C15H25NOS/c1-3-5-6-7-10-17-13-8-9-14(16)15(12-13)18-11-4-2/h8-9,12H,3-7,10-11,16H2,1-2H3. The first-order valence-electron chi connectivity index (χ1n) is 6.93. The van der Waals surface area contributed by atoms with Crippen LogP contribution in [0.1, 0.15) is 46.0 Å². The molecule has 0 amide bonds. The number of anilines is 1. The summed E-state index contributed by atoms with van der Waals surface area (Å²) in [5.74, 6) is 2.05. The molecule has 0 aliphatic carbocycles. The summed E-state index contributed by atoms with van der Waals surface area (Å²) in [6.45, 7) is 5.21. The minimum atomic E-state index is 0.807. The van der Waals surface area contributed by atoms with Crippen molar-refractivity contribution in [2.24, 2.45) is 0 Å². The zero-order chi connectivity index (χ0) is 13.2. The number of benzene rings is 1. The minimum Gasteiger partial charge on any atom is -0.494 e. The van der Waals surface area contributed by atoms with Crippen LogP contribution < -0.4 is 10.5 Å². The summed E-state index contributed by atoms with van der Waals surface area (Å²) in [6.07, 6.45) is 6.10. The molecular weight excluding hydrogens is 242 g/mol. The van der Waals surface area contributed by atoms with Crippen LogP contribution in [0.2, 0.25) is 0 Å². The SMILES string of the molecule is CCCCCCOc1ccc(N)c(SCCC)c1. The second-order valence-corrected chi connectivity index (χ2v) is 5.59. The van der Waals surface area contributed by atoms with Crippen molar-refractivity contribution in [1.82, 2.24) is 0 Å². The number of unbranched alkanes of at least 4 members (excludes halogenated alkanes) is 3. The molecule has 2 nitrogen and oxygen atoms in total. The summed E-state index contributed by atoms with van der Waals surface area (Å²) >= 11 is 1.80. The summed E-state index contributed by atoms with van der Waals surface area (Å²) < 4.78 is 5.76. The third-order valence-corrected chi connectivity index (χ3v) is 3.99. The number of nitrogen functional groups attached to an aromatic ring is 1. The number of hydrogen-bond acceptors (Lipinski definition) is 3. The Morgan fingerprint density at radius 3 is 2.67 bits per heavy atom. The first-order chi connectivity index (χ1) is 8.77. The van der Waals surface area contributed by atoms with Gasteiger partial charge in [0.1, 0.15) is 5.75 Å². The fourth-order valence-corrected chi connectivity index (χ4v) is 2.52. The first kappa shape index (κ1) is 15.2. The normalized spacial score (nSPS) is 10.6. The fraction of sp³-hybridized carbons (Fsp3) is 0.600. The Morgan fingerprint density at radius 2 is 1.94 bits per heavy atom. The number of hydrogen-bond donors (Lipinski definition) is 1. The van der Waals surface area contributed by atoms with E-state index in [2.05, 4.69) is 19.9 Å². The van der Waals surface area contributed by atoms with Gasteiger partial charge in [-0.05, 0) is 36.8 Å².